The zero-order valence-corrected chi connectivity index (χ0v) is 13.3. The average Bonchev–Trinajstić information content (AvgIpc) is 2.74. The van der Waals surface area contributed by atoms with E-state index in [-0.39, 0.29) is 26.5 Å². The van der Waals surface area contributed by atoms with Crippen molar-refractivity contribution in [1.29, 1.82) is 0 Å². The van der Waals surface area contributed by atoms with Crippen molar-refractivity contribution in [3.8, 4) is 0 Å². The molecule has 2 rings (SSSR count). The highest BCUT2D eigenvalue weighted by Crippen LogP contribution is 2.31. The summed E-state index contributed by atoms with van der Waals surface area (Å²) in [5, 5.41) is 9.44. The minimum atomic E-state index is -3.73. The molecule has 1 fully saturated rings. The van der Waals surface area contributed by atoms with Crippen LogP contribution in [0.2, 0.25) is 10.0 Å². The average molecular weight is 339 g/mol. The molecule has 1 heterocycles. The molecule has 112 valence electrons. The van der Waals surface area contributed by atoms with Gasteiger partial charge in [-0.2, -0.15) is 0 Å². The molecule has 5 nitrogen and oxygen atoms in total. The summed E-state index contributed by atoms with van der Waals surface area (Å²) < 4.78 is 27.3. The molecule has 8 heteroatoms. The lowest BCUT2D eigenvalue weighted by Gasteiger charge is -2.15. The van der Waals surface area contributed by atoms with Gasteiger partial charge in [-0.05, 0) is 32.1 Å². The molecule has 1 unspecified atom stereocenters. The van der Waals surface area contributed by atoms with E-state index in [0.717, 1.165) is 13.0 Å². The molecule has 0 spiro atoms. The fraction of sp³-hybridized carbons (Fsp3) is 0.500. The zero-order valence-electron chi connectivity index (χ0n) is 10.9. The lowest BCUT2D eigenvalue weighted by molar-refractivity contribution is 0.281. The molecule has 0 saturated carbocycles. The first-order valence-corrected chi connectivity index (χ1v) is 8.37. The number of sulfonamides is 1. The second-order valence-corrected chi connectivity index (χ2v) is 7.33. The highest BCUT2D eigenvalue weighted by atomic mass is 35.5. The van der Waals surface area contributed by atoms with Gasteiger partial charge in [0.25, 0.3) is 0 Å². The summed E-state index contributed by atoms with van der Waals surface area (Å²) in [6.07, 6.45) is 0.758. The van der Waals surface area contributed by atoms with Gasteiger partial charge in [0.05, 0.1) is 11.6 Å². The number of hydrogen-bond acceptors (Lipinski definition) is 4. The third kappa shape index (κ3) is 3.27. The second-order valence-electron chi connectivity index (χ2n) is 4.87. The predicted molar refractivity (Wildman–Crippen MR) is 78.6 cm³/mol. The number of nitrogens with one attached hydrogen (secondary N) is 1. The van der Waals surface area contributed by atoms with Crippen molar-refractivity contribution in [3.05, 3.63) is 27.7 Å². The zero-order chi connectivity index (χ0) is 14.9. The van der Waals surface area contributed by atoms with Crippen molar-refractivity contribution in [1.82, 2.24) is 9.62 Å². The normalized spacial score (nSPS) is 20.5. The fourth-order valence-corrected chi connectivity index (χ4v) is 4.40. The van der Waals surface area contributed by atoms with Gasteiger partial charge < -0.3 is 10.0 Å². The van der Waals surface area contributed by atoms with Gasteiger partial charge in [-0.25, -0.2) is 13.1 Å². The summed E-state index contributed by atoms with van der Waals surface area (Å²) in [4.78, 5) is 2.00. The van der Waals surface area contributed by atoms with Gasteiger partial charge in [0.15, 0.2) is 0 Å². The van der Waals surface area contributed by atoms with E-state index in [1.165, 1.54) is 12.1 Å². The van der Waals surface area contributed by atoms with Crippen LogP contribution in [0, 0.1) is 0 Å². The highest BCUT2D eigenvalue weighted by molar-refractivity contribution is 7.89. The van der Waals surface area contributed by atoms with Gasteiger partial charge in [0.1, 0.15) is 4.90 Å². The van der Waals surface area contributed by atoms with Gasteiger partial charge in [-0.15, -0.1) is 0 Å². The van der Waals surface area contributed by atoms with Crippen molar-refractivity contribution >= 4 is 33.2 Å². The Balaban J connectivity index is 2.30. The van der Waals surface area contributed by atoms with E-state index >= 15 is 0 Å². The number of nitrogens with zero attached hydrogens (tertiary/aromatic N) is 1. The third-order valence-electron chi connectivity index (χ3n) is 3.31. The van der Waals surface area contributed by atoms with Crippen molar-refractivity contribution in [2.75, 3.05) is 20.1 Å². The summed E-state index contributed by atoms with van der Waals surface area (Å²) in [5.74, 6) is 0. The molecule has 0 bridgehead atoms. The molecule has 1 aromatic rings. The molecule has 20 heavy (non-hydrogen) atoms. The van der Waals surface area contributed by atoms with Gasteiger partial charge >= 0.3 is 0 Å². The minimum Gasteiger partial charge on any atom is -0.392 e. The van der Waals surface area contributed by atoms with Crippen LogP contribution in [0.5, 0.6) is 0 Å². The summed E-state index contributed by atoms with van der Waals surface area (Å²) in [6.45, 7) is 1.11. The van der Waals surface area contributed by atoms with Crippen molar-refractivity contribution < 1.29 is 13.5 Å². The summed E-state index contributed by atoms with van der Waals surface area (Å²) in [5.41, 5.74) is 0.222. The maximum absolute atomic E-state index is 12.4. The molecule has 1 aromatic carbocycles. The molecule has 0 aliphatic carbocycles. The Morgan fingerprint density at radius 3 is 2.70 bits per heavy atom. The Bertz CT molecular complexity index is 607. The SMILES string of the molecule is CN1CCC(NS(=O)(=O)c2ccc(Cl)c(CO)c2Cl)C1. The largest absolute Gasteiger partial charge is 0.392 e. The van der Waals surface area contributed by atoms with E-state index in [2.05, 4.69) is 9.62 Å². The molecule has 1 aliphatic rings. The van der Waals surface area contributed by atoms with E-state index in [1.807, 2.05) is 7.05 Å². The first-order valence-electron chi connectivity index (χ1n) is 6.13. The van der Waals surface area contributed by atoms with Crippen LogP contribution in [-0.4, -0.2) is 44.6 Å². The van der Waals surface area contributed by atoms with Crippen LogP contribution in [0.1, 0.15) is 12.0 Å². The molecule has 1 saturated heterocycles. The minimum absolute atomic E-state index is 0.0288. The number of rotatable bonds is 4. The van der Waals surface area contributed by atoms with E-state index < -0.39 is 16.6 Å². The Hall–Kier alpha value is -0.370. The van der Waals surface area contributed by atoms with Crippen LogP contribution in [0.3, 0.4) is 0 Å². The smallest absolute Gasteiger partial charge is 0.242 e. The molecule has 1 aliphatic heterocycles. The van der Waals surface area contributed by atoms with Gasteiger partial charge in [-0.3, -0.25) is 0 Å². The molecule has 0 radical (unpaired) electrons. The Morgan fingerprint density at radius 2 is 2.15 bits per heavy atom. The maximum atomic E-state index is 12.4. The van der Waals surface area contributed by atoms with Crippen LogP contribution < -0.4 is 4.72 Å². The summed E-state index contributed by atoms with van der Waals surface area (Å²) >= 11 is 11.9. The number of likely N-dealkylation sites (N-methyl/N-ethyl adjacent to an activating group) is 1. The van der Waals surface area contributed by atoms with Gasteiger partial charge in [0.2, 0.25) is 10.0 Å². The molecule has 0 aromatic heterocycles. The van der Waals surface area contributed by atoms with Crippen molar-refractivity contribution in [3.63, 3.8) is 0 Å². The quantitative estimate of drug-likeness (QED) is 0.872. The Morgan fingerprint density at radius 1 is 1.45 bits per heavy atom. The molecule has 0 amide bonds. The van der Waals surface area contributed by atoms with E-state index in [0.29, 0.717) is 6.54 Å². The maximum Gasteiger partial charge on any atom is 0.242 e. The number of hydrogen-bond donors (Lipinski definition) is 2. The number of likely N-dealkylation sites (tertiary alicyclic amines) is 1. The molecular weight excluding hydrogens is 323 g/mol. The van der Waals surface area contributed by atoms with Crippen molar-refractivity contribution in [2.24, 2.45) is 0 Å². The first-order chi connectivity index (χ1) is 9.35. The highest BCUT2D eigenvalue weighted by Gasteiger charge is 2.27. The fourth-order valence-electron chi connectivity index (χ4n) is 2.24. The molecule has 2 N–H and O–H groups in total. The van der Waals surface area contributed by atoms with Gasteiger partial charge in [-0.1, -0.05) is 23.2 Å². The van der Waals surface area contributed by atoms with Crippen LogP contribution in [0.4, 0.5) is 0 Å². The van der Waals surface area contributed by atoms with E-state index in [1.54, 1.807) is 0 Å². The standard InChI is InChI=1S/C12H16Cl2N2O3S/c1-16-5-4-8(6-16)15-20(18,19)11-3-2-10(13)9(7-17)12(11)14/h2-3,8,15,17H,4-7H2,1H3. The molecular formula is C12H16Cl2N2O3S. The second kappa shape index (κ2) is 6.17. The van der Waals surface area contributed by atoms with Crippen LogP contribution in [-0.2, 0) is 16.6 Å². The van der Waals surface area contributed by atoms with Crippen LogP contribution in [0.15, 0.2) is 17.0 Å². The topological polar surface area (TPSA) is 69.6 Å². The summed E-state index contributed by atoms with van der Waals surface area (Å²) in [6, 6.07) is 2.65. The predicted octanol–water partition coefficient (Wildman–Crippen LogP) is 1.47. The van der Waals surface area contributed by atoms with Crippen LogP contribution in [0.25, 0.3) is 0 Å². The molecule has 1 atom stereocenters. The summed E-state index contributed by atoms with van der Waals surface area (Å²) in [7, 11) is -1.79. The Labute approximate surface area is 128 Å². The number of halogens is 2. The first kappa shape index (κ1) is 16.0. The lowest BCUT2D eigenvalue weighted by Crippen LogP contribution is -2.36. The lowest BCUT2D eigenvalue weighted by atomic mass is 10.2. The third-order valence-corrected chi connectivity index (χ3v) is 5.77. The van der Waals surface area contributed by atoms with Crippen molar-refractivity contribution in [2.45, 2.75) is 24.0 Å². The monoisotopic (exact) mass is 338 g/mol. The number of benzene rings is 1. The van der Waals surface area contributed by atoms with E-state index in [9.17, 15) is 13.5 Å². The van der Waals surface area contributed by atoms with Crippen LogP contribution >= 0.6 is 23.2 Å². The number of aliphatic hydroxyl groups excluding tert-OH is 1. The van der Waals surface area contributed by atoms with Gasteiger partial charge in [0, 0.05) is 23.2 Å². The number of aliphatic hydroxyl groups is 1. The van der Waals surface area contributed by atoms with E-state index in [4.69, 9.17) is 23.2 Å². The Kier molecular flexibility index (Phi) is 4.94.